The molecule has 0 bridgehead atoms. The van der Waals surface area contributed by atoms with Crippen molar-refractivity contribution >= 4 is 23.4 Å². The van der Waals surface area contributed by atoms with Crippen molar-refractivity contribution in [1.82, 2.24) is 9.55 Å². The van der Waals surface area contributed by atoms with E-state index in [2.05, 4.69) is 4.98 Å². The molecular weight excluding hydrogens is 415 g/mol. The number of rotatable bonds is 3. The van der Waals surface area contributed by atoms with Gasteiger partial charge in [-0.1, -0.05) is 6.07 Å². The van der Waals surface area contributed by atoms with E-state index in [1.807, 2.05) is 45.9 Å². The summed E-state index contributed by atoms with van der Waals surface area (Å²) in [6.07, 6.45) is 2.95. The second kappa shape index (κ2) is 10.3. The molecule has 7 nitrogen and oxygen atoms in total. The fraction of sp³-hybridized carbons (Fsp3) is 0.375. The lowest BCUT2D eigenvalue weighted by Gasteiger charge is -2.20. The van der Waals surface area contributed by atoms with Gasteiger partial charge < -0.3 is 14.2 Å². The SMILES string of the molecule is COC1=C(OC)CC=C(F)C(C=O)=C1.Cc1ccc2c(c1)nc(C)n2C(=O)OC(C)(C)C. The molecule has 0 N–H and O–H groups in total. The lowest BCUT2D eigenvalue weighted by atomic mass is 10.2. The maximum Gasteiger partial charge on any atom is 0.420 e. The summed E-state index contributed by atoms with van der Waals surface area (Å²) in [5.74, 6) is 0.962. The molecule has 2 aromatic rings. The topological polar surface area (TPSA) is 79.7 Å². The molecule has 1 heterocycles. The smallest absolute Gasteiger partial charge is 0.420 e. The number of halogens is 1. The highest BCUT2D eigenvalue weighted by Crippen LogP contribution is 2.23. The largest absolute Gasteiger partial charge is 0.497 e. The number of nitrogens with zero attached hydrogens (tertiary/aromatic N) is 2. The molecule has 0 saturated heterocycles. The monoisotopic (exact) mass is 444 g/mol. The molecule has 0 spiro atoms. The summed E-state index contributed by atoms with van der Waals surface area (Å²) >= 11 is 0. The third-order valence-corrected chi connectivity index (χ3v) is 4.45. The van der Waals surface area contributed by atoms with E-state index in [-0.39, 0.29) is 18.1 Å². The number of aromatic nitrogens is 2. The van der Waals surface area contributed by atoms with Crippen molar-refractivity contribution in [2.24, 2.45) is 0 Å². The zero-order chi connectivity index (χ0) is 24.1. The number of aryl methyl sites for hydroxylation is 2. The number of allylic oxidation sites excluding steroid dienone is 4. The van der Waals surface area contributed by atoms with Gasteiger partial charge in [0.05, 0.1) is 30.8 Å². The molecule has 3 rings (SSSR count). The highest BCUT2D eigenvalue weighted by molar-refractivity contribution is 5.88. The fourth-order valence-corrected chi connectivity index (χ4v) is 2.99. The lowest BCUT2D eigenvalue weighted by molar-refractivity contribution is -0.104. The number of carbonyl (C=O) groups excluding carboxylic acids is 2. The van der Waals surface area contributed by atoms with Gasteiger partial charge in [0.2, 0.25) is 0 Å². The van der Waals surface area contributed by atoms with Gasteiger partial charge in [0.15, 0.2) is 12.0 Å². The summed E-state index contributed by atoms with van der Waals surface area (Å²) in [6, 6.07) is 5.82. The molecule has 172 valence electrons. The number of imidazole rings is 1. The zero-order valence-corrected chi connectivity index (χ0v) is 19.5. The van der Waals surface area contributed by atoms with E-state index in [0.29, 0.717) is 23.6 Å². The molecule has 1 aromatic carbocycles. The molecule has 0 atom stereocenters. The van der Waals surface area contributed by atoms with Crippen LogP contribution in [0.25, 0.3) is 11.0 Å². The van der Waals surface area contributed by atoms with Crippen LogP contribution in [0.2, 0.25) is 0 Å². The third kappa shape index (κ3) is 6.06. The minimum Gasteiger partial charge on any atom is -0.497 e. The Morgan fingerprint density at radius 3 is 2.44 bits per heavy atom. The van der Waals surface area contributed by atoms with Crippen LogP contribution in [0.5, 0.6) is 0 Å². The first-order chi connectivity index (χ1) is 15.0. The summed E-state index contributed by atoms with van der Waals surface area (Å²) < 4.78 is 30.0. The van der Waals surface area contributed by atoms with Crippen LogP contribution >= 0.6 is 0 Å². The van der Waals surface area contributed by atoms with Gasteiger partial charge in [0.1, 0.15) is 23.0 Å². The van der Waals surface area contributed by atoms with Gasteiger partial charge in [-0.2, -0.15) is 0 Å². The van der Waals surface area contributed by atoms with Gasteiger partial charge in [-0.3, -0.25) is 4.79 Å². The predicted molar refractivity (Wildman–Crippen MR) is 120 cm³/mol. The van der Waals surface area contributed by atoms with Gasteiger partial charge in [-0.05, 0) is 64.5 Å². The lowest BCUT2D eigenvalue weighted by Crippen LogP contribution is -2.27. The minimum absolute atomic E-state index is 0.0334. The van der Waals surface area contributed by atoms with Gasteiger partial charge in [-0.25, -0.2) is 18.7 Å². The molecule has 1 aliphatic carbocycles. The summed E-state index contributed by atoms with van der Waals surface area (Å²) in [7, 11) is 2.91. The zero-order valence-electron chi connectivity index (χ0n) is 19.5. The Hall–Kier alpha value is -3.42. The molecule has 0 amide bonds. The first kappa shape index (κ1) is 24.8. The molecule has 1 aromatic heterocycles. The number of ether oxygens (including phenoxy) is 3. The van der Waals surface area contributed by atoms with E-state index in [1.165, 1.54) is 30.9 Å². The van der Waals surface area contributed by atoms with Gasteiger partial charge in [0, 0.05) is 6.42 Å². The number of benzene rings is 1. The summed E-state index contributed by atoms with van der Waals surface area (Å²) in [5.41, 5.74) is 2.18. The average molecular weight is 445 g/mol. The van der Waals surface area contributed by atoms with E-state index in [1.54, 1.807) is 6.92 Å². The molecule has 0 unspecified atom stereocenters. The first-order valence-electron chi connectivity index (χ1n) is 10.0. The normalized spacial score (nSPS) is 14.0. The van der Waals surface area contributed by atoms with Crippen LogP contribution in [0.15, 0.2) is 53.3 Å². The predicted octanol–water partition coefficient (Wildman–Crippen LogP) is 5.31. The molecule has 8 heteroatoms. The van der Waals surface area contributed by atoms with Crippen LogP contribution in [0, 0.1) is 13.8 Å². The molecule has 32 heavy (non-hydrogen) atoms. The van der Waals surface area contributed by atoms with Crippen molar-refractivity contribution < 1.29 is 28.2 Å². The number of aldehydes is 1. The maximum atomic E-state index is 13.2. The van der Waals surface area contributed by atoms with Crippen molar-refractivity contribution in [2.45, 2.75) is 46.6 Å². The Balaban J connectivity index is 0.000000235. The number of carbonyl (C=O) groups is 2. The van der Waals surface area contributed by atoms with E-state index < -0.39 is 11.4 Å². The van der Waals surface area contributed by atoms with Crippen LogP contribution in [-0.4, -0.2) is 41.8 Å². The number of hydrogen-bond acceptors (Lipinski definition) is 6. The Morgan fingerprint density at radius 1 is 1.19 bits per heavy atom. The average Bonchev–Trinajstić information content (AvgIpc) is 2.94. The number of hydrogen-bond donors (Lipinski definition) is 0. The van der Waals surface area contributed by atoms with Crippen molar-refractivity contribution in [2.75, 3.05) is 14.2 Å². The molecule has 0 saturated carbocycles. The Kier molecular flexibility index (Phi) is 7.97. The van der Waals surface area contributed by atoms with Crippen LogP contribution in [-0.2, 0) is 19.0 Å². The molecule has 0 radical (unpaired) electrons. The quantitative estimate of drug-likeness (QED) is 0.597. The second-order valence-corrected chi connectivity index (χ2v) is 8.14. The minimum atomic E-state index is -0.554. The van der Waals surface area contributed by atoms with E-state index in [9.17, 15) is 14.0 Å². The van der Waals surface area contributed by atoms with Crippen molar-refractivity contribution in [3.05, 3.63) is 64.7 Å². The highest BCUT2D eigenvalue weighted by atomic mass is 19.1. The number of fused-ring (bicyclic) bond motifs is 1. The van der Waals surface area contributed by atoms with Gasteiger partial charge >= 0.3 is 6.09 Å². The standard InChI is InChI=1S/C14H18N2O2.C10H11FO3/c1-9-6-7-12-11(8-9)15-10(2)16(12)13(17)18-14(3,4)5;1-13-9-4-3-8(11)7(6-12)5-10(9)14-2/h6-8H,1-5H3;3,5-6H,4H2,1-2H3. The summed E-state index contributed by atoms with van der Waals surface area (Å²) in [5, 5.41) is 0. The summed E-state index contributed by atoms with van der Waals surface area (Å²) in [4.78, 5) is 27.0. The molecule has 1 aliphatic rings. The van der Waals surface area contributed by atoms with Gasteiger partial charge in [-0.15, -0.1) is 0 Å². The molecular formula is C24H29FN2O5. The van der Waals surface area contributed by atoms with Crippen LogP contribution in [0.4, 0.5) is 9.18 Å². The molecule has 0 fully saturated rings. The van der Waals surface area contributed by atoms with E-state index in [4.69, 9.17) is 14.2 Å². The maximum absolute atomic E-state index is 13.2. The highest BCUT2D eigenvalue weighted by Gasteiger charge is 2.21. The van der Waals surface area contributed by atoms with Gasteiger partial charge in [0.25, 0.3) is 0 Å². The Morgan fingerprint density at radius 2 is 1.88 bits per heavy atom. The van der Waals surface area contributed by atoms with E-state index in [0.717, 1.165) is 16.6 Å². The number of methoxy groups -OCH3 is 2. The van der Waals surface area contributed by atoms with Crippen molar-refractivity contribution in [3.8, 4) is 0 Å². The fourth-order valence-electron chi connectivity index (χ4n) is 2.99. The van der Waals surface area contributed by atoms with Crippen LogP contribution < -0.4 is 0 Å². The summed E-state index contributed by atoms with van der Waals surface area (Å²) in [6.45, 7) is 9.36. The Labute approximate surface area is 187 Å². The third-order valence-electron chi connectivity index (χ3n) is 4.45. The first-order valence-corrected chi connectivity index (χ1v) is 10.0. The van der Waals surface area contributed by atoms with Crippen molar-refractivity contribution in [3.63, 3.8) is 0 Å². The second-order valence-electron chi connectivity index (χ2n) is 8.14. The van der Waals surface area contributed by atoms with E-state index >= 15 is 0 Å². The Bertz CT molecular complexity index is 1100. The van der Waals surface area contributed by atoms with Crippen molar-refractivity contribution in [1.29, 1.82) is 0 Å². The van der Waals surface area contributed by atoms with Crippen LogP contribution in [0.1, 0.15) is 38.6 Å². The molecule has 0 aliphatic heterocycles. The van der Waals surface area contributed by atoms with Crippen LogP contribution in [0.3, 0.4) is 0 Å².